The lowest BCUT2D eigenvalue weighted by Crippen LogP contribution is -2.03. The molecule has 0 aliphatic rings. The van der Waals surface area contributed by atoms with Gasteiger partial charge in [0.15, 0.2) is 5.78 Å². The Kier molecular flexibility index (Phi) is 4.24. The molecule has 0 spiro atoms. The Bertz CT molecular complexity index is 573. The predicted octanol–water partition coefficient (Wildman–Crippen LogP) is 3.61. The SMILES string of the molecule is CC(CC=O)c1cccc(C(=O)c2ccccc2)c1. The average molecular weight is 252 g/mol. The number of hydrogen-bond acceptors (Lipinski definition) is 2. The molecule has 2 nitrogen and oxygen atoms in total. The van der Waals surface area contributed by atoms with E-state index in [-0.39, 0.29) is 11.7 Å². The van der Waals surface area contributed by atoms with Crippen LogP contribution in [-0.4, -0.2) is 12.1 Å². The number of aldehydes is 1. The predicted molar refractivity (Wildman–Crippen MR) is 75.4 cm³/mol. The maximum absolute atomic E-state index is 12.3. The van der Waals surface area contributed by atoms with Gasteiger partial charge in [0.05, 0.1) is 0 Å². The van der Waals surface area contributed by atoms with Crippen molar-refractivity contribution in [2.75, 3.05) is 0 Å². The molecule has 1 unspecified atom stereocenters. The third-order valence-corrected chi connectivity index (χ3v) is 3.20. The Labute approximate surface area is 113 Å². The quantitative estimate of drug-likeness (QED) is 0.601. The highest BCUT2D eigenvalue weighted by Crippen LogP contribution is 2.20. The van der Waals surface area contributed by atoms with Crippen molar-refractivity contribution >= 4 is 12.1 Å². The first-order valence-electron chi connectivity index (χ1n) is 6.35. The van der Waals surface area contributed by atoms with E-state index in [9.17, 15) is 9.59 Å². The lowest BCUT2D eigenvalue weighted by atomic mass is 9.94. The molecule has 2 rings (SSSR count). The summed E-state index contributed by atoms with van der Waals surface area (Å²) in [6, 6.07) is 16.7. The second-order valence-electron chi connectivity index (χ2n) is 4.62. The van der Waals surface area contributed by atoms with Gasteiger partial charge >= 0.3 is 0 Å². The van der Waals surface area contributed by atoms with Gasteiger partial charge in [-0.25, -0.2) is 0 Å². The third-order valence-electron chi connectivity index (χ3n) is 3.20. The van der Waals surface area contributed by atoms with Gasteiger partial charge in [-0.3, -0.25) is 4.79 Å². The molecule has 0 amide bonds. The average Bonchev–Trinajstić information content (AvgIpc) is 2.48. The van der Waals surface area contributed by atoms with Crippen LogP contribution in [0.25, 0.3) is 0 Å². The number of rotatable bonds is 5. The minimum Gasteiger partial charge on any atom is -0.303 e. The normalized spacial score (nSPS) is 11.8. The van der Waals surface area contributed by atoms with Crippen LogP contribution in [-0.2, 0) is 4.79 Å². The fourth-order valence-corrected chi connectivity index (χ4v) is 2.02. The molecule has 0 saturated heterocycles. The number of hydrogen-bond donors (Lipinski definition) is 0. The van der Waals surface area contributed by atoms with Crippen molar-refractivity contribution in [2.24, 2.45) is 0 Å². The second-order valence-corrected chi connectivity index (χ2v) is 4.62. The largest absolute Gasteiger partial charge is 0.303 e. The number of benzene rings is 2. The Morgan fingerprint density at radius 2 is 1.74 bits per heavy atom. The van der Waals surface area contributed by atoms with Crippen LogP contribution in [0.15, 0.2) is 54.6 Å². The molecule has 0 fully saturated rings. The summed E-state index contributed by atoms with van der Waals surface area (Å²) in [6.45, 7) is 1.99. The summed E-state index contributed by atoms with van der Waals surface area (Å²) in [7, 11) is 0. The van der Waals surface area contributed by atoms with Gasteiger partial charge in [-0.05, 0) is 17.5 Å². The van der Waals surface area contributed by atoms with Crippen LogP contribution in [0.5, 0.6) is 0 Å². The topological polar surface area (TPSA) is 34.1 Å². The summed E-state index contributed by atoms with van der Waals surface area (Å²) < 4.78 is 0. The summed E-state index contributed by atoms with van der Waals surface area (Å²) >= 11 is 0. The third kappa shape index (κ3) is 3.16. The van der Waals surface area contributed by atoms with E-state index in [1.807, 2.05) is 61.5 Å². The molecule has 19 heavy (non-hydrogen) atoms. The summed E-state index contributed by atoms with van der Waals surface area (Å²) in [5.74, 6) is 0.154. The molecule has 0 aliphatic heterocycles. The summed E-state index contributed by atoms with van der Waals surface area (Å²) in [5, 5.41) is 0. The first-order valence-corrected chi connectivity index (χ1v) is 6.35. The van der Waals surface area contributed by atoms with Gasteiger partial charge < -0.3 is 4.79 Å². The molecule has 2 heteroatoms. The highest BCUT2D eigenvalue weighted by molar-refractivity contribution is 6.09. The van der Waals surface area contributed by atoms with E-state index in [1.165, 1.54) is 0 Å². The van der Waals surface area contributed by atoms with Crippen molar-refractivity contribution in [1.82, 2.24) is 0 Å². The maximum atomic E-state index is 12.3. The molecular weight excluding hydrogens is 236 g/mol. The molecule has 0 N–H and O–H groups in total. The monoisotopic (exact) mass is 252 g/mol. The smallest absolute Gasteiger partial charge is 0.193 e. The molecule has 2 aromatic rings. The van der Waals surface area contributed by atoms with E-state index in [1.54, 1.807) is 0 Å². The van der Waals surface area contributed by atoms with E-state index in [2.05, 4.69) is 0 Å². The zero-order valence-corrected chi connectivity index (χ0v) is 10.9. The number of carbonyl (C=O) groups excluding carboxylic acids is 2. The zero-order valence-electron chi connectivity index (χ0n) is 10.9. The van der Waals surface area contributed by atoms with Gasteiger partial charge in [0.25, 0.3) is 0 Å². The number of carbonyl (C=O) groups is 2. The lowest BCUT2D eigenvalue weighted by Gasteiger charge is -2.09. The van der Waals surface area contributed by atoms with Gasteiger partial charge in [0.2, 0.25) is 0 Å². The fourth-order valence-electron chi connectivity index (χ4n) is 2.02. The molecule has 96 valence electrons. The van der Waals surface area contributed by atoms with Crippen LogP contribution < -0.4 is 0 Å². The van der Waals surface area contributed by atoms with Crippen LogP contribution in [0.2, 0.25) is 0 Å². The summed E-state index contributed by atoms with van der Waals surface area (Å²) in [4.78, 5) is 22.9. The van der Waals surface area contributed by atoms with Crippen LogP contribution in [0.3, 0.4) is 0 Å². The van der Waals surface area contributed by atoms with Crippen LogP contribution in [0.1, 0.15) is 40.7 Å². The molecule has 0 aliphatic carbocycles. The van der Waals surface area contributed by atoms with Crippen molar-refractivity contribution in [2.45, 2.75) is 19.3 Å². The lowest BCUT2D eigenvalue weighted by molar-refractivity contribution is -0.108. The zero-order chi connectivity index (χ0) is 13.7. The number of ketones is 1. The Balaban J connectivity index is 2.28. The highest BCUT2D eigenvalue weighted by atomic mass is 16.1. The van der Waals surface area contributed by atoms with Crippen molar-refractivity contribution in [1.29, 1.82) is 0 Å². The van der Waals surface area contributed by atoms with Crippen LogP contribution in [0, 0.1) is 0 Å². The van der Waals surface area contributed by atoms with Gasteiger partial charge in [-0.2, -0.15) is 0 Å². The molecule has 0 radical (unpaired) electrons. The van der Waals surface area contributed by atoms with Crippen molar-refractivity contribution in [3.63, 3.8) is 0 Å². The Morgan fingerprint density at radius 1 is 1.05 bits per heavy atom. The standard InChI is InChI=1S/C17H16O2/c1-13(10-11-18)15-8-5-9-16(12-15)17(19)14-6-3-2-4-7-14/h2-9,11-13H,10H2,1H3. The Hall–Kier alpha value is -2.22. The van der Waals surface area contributed by atoms with E-state index in [0.29, 0.717) is 17.5 Å². The highest BCUT2D eigenvalue weighted by Gasteiger charge is 2.11. The van der Waals surface area contributed by atoms with Gasteiger partial charge in [0, 0.05) is 17.5 Å². The van der Waals surface area contributed by atoms with E-state index in [0.717, 1.165) is 11.8 Å². The minimum atomic E-state index is 0.0146. The second kappa shape index (κ2) is 6.10. The molecule has 2 aromatic carbocycles. The van der Waals surface area contributed by atoms with E-state index >= 15 is 0 Å². The molecule has 0 heterocycles. The molecule has 0 aromatic heterocycles. The Morgan fingerprint density at radius 3 is 2.42 bits per heavy atom. The maximum Gasteiger partial charge on any atom is 0.193 e. The van der Waals surface area contributed by atoms with Crippen LogP contribution in [0.4, 0.5) is 0 Å². The van der Waals surface area contributed by atoms with Crippen molar-refractivity contribution in [3.05, 3.63) is 71.3 Å². The summed E-state index contributed by atoms with van der Waals surface area (Å²) in [6.07, 6.45) is 1.39. The first-order chi connectivity index (χ1) is 9.22. The molecule has 0 saturated carbocycles. The van der Waals surface area contributed by atoms with Crippen molar-refractivity contribution < 1.29 is 9.59 Å². The van der Waals surface area contributed by atoms with E-state index in [4.69, 9.17) is 0 Å². The first kappa shape index (κ1) is 13.2. The van der Waals surface area contributed by atoms with E-state index < -0.39 is 0 Å². The van der Waals surface area contributed by atoms with Gasteiger partial charge in [-0.15, -0.1) is 0 Å². The summed E-state index contributed by atoms with van der Waals surface area (Å²) in [5.41, 5.74) is 2.37. The molecule has 0 bridgehead atoms. The van der Waals surface area contributed by atoms with Gasteiger partial charge in [0.1, 0.15) is 6.29 Å². The van der Waals surface area contributed by atoms with Crippen LogP contribution >= 0.6 is 0 Å². The van der Waals surface area contributed by atoms with Gasteiger partial charge in [-0.1, -0.05) is 55.5 Å². The fraction of sp³-hybridized carbons (Fsp3) is 0.176. The van der Waals surface area contributed by atoms with Crippen molar-refractivity contribution in [3.8, 4) is 0 Å². The molecular formula is C17H16O2. The minimum absolute atomic E-state index is 0.0146. The molecule has 1 atom stereocenters.